The molecule has 1 amide bonds. The maximum atomic E-state index is 12.5. The van der Waals surface area contributed by atoms with Gasteiger partial charge in [-0.15, -0.1) is 0 Å². The lowest BCUT2D eigenvalue weighted by Crippen LogP contribution is -2.53. The molecular weight excluding hydrogens is 302 g/mol. The number of carbonyl (C=O) groups is 1. The second kappa shape index (κ2) is 7.19. The van der Waals surface area contributed by atoms with Gasteiger partial charge in [0, 0.05) is 57.5 Å². The number of ether oxygens (including phenoxy) is 1. The number of rotatable bonds is 4. The van der Waals surface area contributed by atoms with E-state index in [0.29, 0.717) is 30.3 Å². The lowest BCUT2D eigenvalue weighted by molar-refractivity contribution is -0.139. The van der Waals surface area contributed by atoms with E-state index in [1.54, 1.807) is 0 Å². The van der Waals surface area contributed by atoms with Crippen LogP contribution in [-0.2, 0) is 16.1 Å². The molecule has 0 radical (unpaired) electrons. The van der Waals surface area contributed by atoms with Gasteiger partial charge in [-0.05, 0) is 43.7 Å². The molecule has 1 aromatic heterocycles. The Balaban J connectivity index is 1.42. The van der Waals surface area contributed by atoms with Crippen LogP contribution < -0.4 is 0 Å². The Bertz CT molecular complexity index is 559. The Labute approximate surface area is 144 Å². The Morgan fingerprint density at radius 2 is 2.00 bits per heavy atom. The minimum absolute atomic E-state index is 0.363. The summed E-state index contributed by atoms with van der Waals surface area (Å²) in [7, 11) is 0. The molecule has 0 N–H and O–H groups in total. The smallest absolute Gasteiger partial charge is 0.222 e. The number of aromatic nitrogens is 1. The van der Waals surface area contributed by atoms with Gasteiger partial charge in [-0.25, -0.2) is 0 Å². The zero-order valence-corrected chi connectivity index (χ0v) is 14.3. The number of carbonyl (C=O) groups excluding carboxylic acids is 1. The van der Waals surface area contributed by atoms with Crippen molar-refractivity contribution in [1.29, 1.82) is 0 Å². The molecule has 3 aliphatic rings. The van der Waals surface area contributed by atoms with E-state index < -0.39 is 0 Å². The number of likely N-dealkylation sites (tertiary alicyclic amines) is 2. The second-order valence-corrected chi connectivity index (χ2v) is 7.36. The summed E-state index contributed by atoms with van der Waals surface area (Å²) in [5.74, 6) is 0.980. The van der Waals surface area contributed by atoms with Crippen LogP contribution in [-0.4, -0.2) is 59.1 Å². The summed E-state index contributed by atoms with van der Waals surface area (Å²) in [6.45, 7) is 4.62. The van der Waals surface area contributed by atoms with Crippen LogP contribution in [0.4, 0.5) is 0 Å². The van der Waals surface area contributed by atoms with Crippen molar-refractivity contribution in [3.05, 3.63) is 30.1 Å². The molecule has 0 saturated carbocycles. The lowest BCUT2D eigenvalue weighted by Gasteiger charge is -2.42. The van der Waals surface area contributed by atoms with E-state index in [0.717, 1.165) is 64.2 Å². The molecule has 3 fully saturated rings. The number of hydrogen-bond donors (Lipinski definition) is 0. The van der Waals surface area contributed by atoms with Crippen molar-refractivity contribution in [2.45, 2.75) is 50.7 Å². The van der Waals surface area contributed by atoms with Crippen LogP contribution in [0.15, 0.2) is 24.4 Å². The Morgan fingerprint density at radius 3 is 2.79 bits per heavy atom. The second-order valence-electron chi connectivity index (χ2n) is 7.36. The molecule has 2 atom stereocenters. The predicted molar refractivity (Wildman–Crippen MR) is 91.3 cm³/mol. The Hall–Kier alpha value is -1.46. The van der Waals surface area contributed by atoms with E-state index in [-0.39, 0.29) is 0 Å². The molecule has 4 rings (SSSR count). The van der Waals surface area contributed by atoms with E-state index in [1.165, 1.54) is 0 Å². The van der Waals surface area contributed by atoms with Gasteiger partial charge in [-0.1, -0.05) is 6.07 Å². The first-order valence-corrected chi connectivity index (χ1v) is 9.32. The number of piperidine rings is 1. The van der Waals surface area contributed by atoms with Gasteiger partial charge in [-0.3, -0.25) is 14.7 Å². The van der Waals surface area contributed by atoms with Crippen LogP contribution in [0.25, 0.3) is 0 Å². The molecule has 3 aliphatic heterocycles. The maximum Gasteiger partial charge on any atom is 0.222 e. The fraction of sp³-hybridized carbons (Fsp3) is 0.684. The number of fused-ring (bicyclic) bond motifs is 1. The van der Waals surface area contributed by atoms with Crippen LogP contribution in [0.2, 0.25) is 0 Å². The first kappa shape index (κ1) is 16.0. The average molecular weight is 329 g/mol. The number of nitrogens with zero attached hydrogens (tertiary/aromatic N) is 3. The quantitative estimate of drug-likeness (QED) is 0.848. The van der Waals surface area contributed by atoms with Gasteiger partial charge in [0.1, 0.15) is 0 Å². The molecule has 24 heavy (non-hydrogen) atoms. The van der Waals surface area contributed by atoms with Crippen molar-refractivity contribution < 1.29 is 9.53 Å². The molecule has 5 heteroatoms. The van der Waals surface area contributed by atoms with Crippen LogP contribution in [0.3, 0.4) is 0 Å². The standard InChI is InChI=1S/C19H27N3O2/c23-19-5-4-17-18(22(19)13-15-7-11-24-12-8-15)6-10-21(17)14-16-3-1-2-9-20-16/h1-3,9,15,17-18H,4-8,10-14H2/t17-,18-/m1/s1. The summed E-state index contributed by atoms with van der Waals surface area (Å²) >= 11 is 0. The van der Waals surface area contributed by atoms with Gasteiger partial charge < -0.3 is 9.64 Å². The third-order valence-electron chi connectivity index (χ3n) is 5.89. The summed E-state index contributed by atoms with van der Waals surface area (Å²) in [4.78, 5) is 21.8. The summed E-state index contributed by atoms with van der Waals surface area (Å²) in [6, 6.07) is 7.02. The van der Waals surface area contributed by atoms with E-state index >= 15 is 0 Å². The molecule has 0 aliphatic carbocycles. The molecule has 130 valence electrons. The fourth-order valence-electron chi connectivity index (χ4n) is 4.58. The molecule has 3 saturated heterocycles. The molecule has 0 bridgehead atoms. The van der Waals surface area contributed by atoms with Crippen LogP contribution in [0.5, 0.6) is 0 Å². The van der Waals surface area contributed by atoms with Crippen LogP contribution >= 0.6 is 0 Å². The van der Waals surface area contributed by atoms with Crippen molar-refractivity contribution in [2.75, 3.05) is 26.3 Å². The minimum Gasteiger partial charge on any atom is -0.381 e. The molecule has 5 nitrogen and oxygen atoms in total. The third-order valence-corrected chi connectivity index (χ3v) is 5.89. The summed E-state index contributed by atoms with van der Waals surface area (Å²) < 4.78 is 5.47. The first-order valence-electron chi connectivity index (χ1n) is 9.32. The highest BCUT2D eigenvalue weighted by Crippen LogP contribution is 2.33. The maximum absolute atomic E-state index is 12.5. The molecule has 0 spiro atoms. The van der Waals surface area contributed by atoms with Crippen molar-refractivity contribution in [1.82, 2.24) is 14.8 Å². The molecule has 0 aromatic carbocycles. The zero-order valence-electron chi connectivity index (χ0n) is 14.3. The minimum atomic E-state index is 0.363. The van der Waals surface area contributed by atoms with Crippen molar-refractivity contribution in [3.63, 3.8) is 0 Å². The molecular formula is C19H27N3O2. The summed E-state index contributed by atoms with van der Waals surface area (Å²) in [5.41, 5.74) is 1.13. The van der Waals surface area contributed by atoms with Crippen molar-refractivity contribution >= 4 is 5.91 Å². The third kappa shape index (κ3) is 3.33. The normalized spacial score (nSPS) is 29.0. The highest BCUT2D eigenvalue weighted by Gasteiger charge is 2.43. The summed E-state index contributed by atoms with van der Waals surface area (Å²) in [6.07, 6.45) is 6.86. The Morgan fingerprint density at radius 1 is 1.12 bits per heavy atom. The Kier molecular flexibility index (Phi) is 4.81. The van der Waals surface area contributed by atoms with Crippen LogP contribution in [0, 0.1) is 5.92 Å². The monoisotopic (exact) mass is 329 g/mol. The lowest BCUT2D eigenvalue weighted by atomic mass is 9.92. The summed E-state index contributed by atoms with van der Waals surface area (Å²) in [5, 5.41) is 0. The topological polar surface area (TPSA) is 45.7 Å². The van der Waals surface area contributed by atoms with Gasteiger partial charge in [0.15, 0.2) is 0 Å². The van der Waals surface area contributed by atoms with Crippen molar-refractivity contribution in [3.8, 4) is 0 Å². The van der Waals surface area contributed by atoms with Gasteiger partial charge >= 0.3 is 0 Å². The molecule has 4 heterocycles. The number of pyridine rings is 1. The zero-order chi connectivity index (χ0) is 16.4. The first-order chi connectivity index (χ1) is 11.8. The predicted octanol–water partition coefficient (Wildman–Crippen LogP) is 2.07. The highest BCUT2D eigenvalue weighted by atomic mass is 16.5. The molecule has 1 aromatic rings. The number of hydrogen-bond acceptors (Lipinski definition) is 4. The molecule has 0 unspecified atom stereocenters. The highest BCUT2D eigenvalue weighted by molar-refractivity contribution is 5.77. The largest absolute Gasteiger partial charge is 0.381 e. The van der Waals surface area contributed by atoms with Gasteiger partial charge in [0.05, 0.1) is 5.69 Å². The van der Waals surface area contributed by atoms with E-state index in [4.69, 9.17) is 4.74 Å². The van der Waals surface area contributed by atoms with Gasteiger partial charge in [-0.2, -0.15) is 0 Å². The number of amides is 1. The van der Waals surface area contributed by atoms with E-state index in [2.05, 4.69) is 26.9 Å². The fourth-order valence-corrected chi connectivity index (χ4v) is 4.58. The van der Waals surface area contributed by atoms with Gasteiger partial charge in [0.25, 0.3) is 0 Å². The van der Waals surface area contributed by atoms with E-state index in [1.807, 2.05) is 12.3 Å². The van der Waals surface area contributed by atoms with E-state index in [9.17, 15) is 4.79 Å². The SMILES string of the molecule is O=C1CC[C@@H]2[C@@H](CCN2Cc2ccccn2)N1CC1CCOCC1. The van der Waals surface area contributed by atoms with Crippen molar-refractivity contribution in [2.24, 2.45) is 5.92 Å². The average Bonchev–Trinajstić information content (AvgIpc) is 3.02. The van der Waals surface area contributed by atoms with Gasteiger partial charge in [0.2, 0.25) is 5.91 Å². The van der Waals surface area contributed by atoms with Crippen LogP contribution in [0.1, 0.15) is 37.8 Å².